The third-order valence-corrected chi connectivity index (χ3v) is 4.89. The van der Waals surface area contributed by atoms with E-state index in [1.54, 1.807) is 0 Å². The fraction of sp³-hybridized carbons (Fsp3) is 0.294. The Balaban J connectivity index is 1.94. The standard InChI is InChI=1S/C17H19BrN2/c1-12-7-8-15(11-16(12)18)20-9-3-6-17(20)13-4-2-5-14(19)10-13/h2,4-5,7-8,10-11,17H,3,6,9,19H2,1H3. The molecule has 104 valence electrons. The van der Waals surface area contributed by atoms with Crippen LogP contribution in [0.5, 0.6) is 0 Å². The first-order chi connectivity index (χ1) is 9.65. The monoisotopic (exact) mass is 330 g/mol. The van der Waals surface area contributed by atoms with E-state index >= 15 is 0 Å². The molecule has 1 aliphatic heterocycles. The van der Waals surface area contributed by atoms with Gasteiger partial charge in [0.15, 0.2) is 0 Å². The summed E-state index contributed by atoms with van der Waals surface area (Å²) < 4.78 is 1.17. The van der Waals surface area contributed by atoms with Crippen LogP contribution >= 0.6 is 15.9 Å². The number of nitrogens with two attached hydrogens (primary N) is 1. The second-order valence-electron chi connectivity index (χ2n) is 5.46. The van der Waals surface area contributed by atoms with Crippen LogP contribution in [0.4, 0.5) is 11.4 Å². The summed E-state index contributed by atoms with van der Waals surface area (Å²) in [6.07, 6.45) is 2.42. The van der Waals surface area contributed by atoms with E-state index in [1.807, 2.05) is 12.1 Å². The molecule has 20 heavy (non-hydrogen) atoms. The molecule has 1 fully saturated rings. The first-order valence-corrected chi connectivity index (χ1v) is 7.83. The summed E-state index contributed by atoms with van der Waals surface area (Å²) in [5.41, 5.74) is 10.7. The van der Waals surface area contributed by atoms with Gasteiger partial charge in [-0.1, -0.05) is 34.1 Å². The maximum Gasteiger partial charge on any atom is 0.0543 e. The lowest BCUT2D eigenvalue weighted by Gasteiger charge is -2.28. The lowest BCUT2D eigenvalue weighted by molar-refractivity contribution is 0.719. The Labute approximate surface area is 128 Å². The second-order valence-corrected chi connectivity index (χ2v) is 6.31. The highest BCUT2D eigenvalue weighted by atomic mass is 79.9. The van der Waals surface area contributed by atoms with Gasteiger partial charge >= 0.3 is 0 Å². The Hall–Kier alpha value is -1.48. The lowest BCUT2D eigenvalue weighted by Crippen LogP contribution is -2.22. The summed E-state index contributed by atoms with van der Waals surface area (Å²) in [6, 6.07) is 15.3. The number of anilines is 2. The number of aryl methyl sites for hydroxylation is 1. The predicted molar refractivity (Wildman–Crippen MR) is 89.1 cm³/mol. The molecule has 3 heteroatoms. The minimum Gasteiger partial charge on any atom is -0.399 e. The number of nitrogens with zero attached hydrogens (tertiary/aromatic N) is 1. The van der Waals surface area contributed by atoms with E-state index in [0.29, 0.717) is 6.04 Å². The highest BCUT2D eigenvalue weighted by Crippen LogP contribution is 2.37. The van der Waals surface area contributed by atoms with E-state index in [0.717, 1.165) is 12.2 Å². The molecule has 2 aromatic carbocycles. The molecule has 1 saturated heterocycles. The van der Waals surface area contributed by atoms with Crippen molar-refractivity contribution >= 4 is 27.3 Å². The Morgan fingerprint density at radius 1 is 1.20 bits per heavy atom. The van der Waals surface area contributed by atoms with Crippen LogP contribution in [0, 0.1) is 6.92 Å². The average molecular weight is 331 g/mol. The molecule has 1 aliphatic rings. The first-order valence-electron chi connectivity index (χ1n) is 7.03. The number of halogens is 1. The van der Waals surface area contributed by atoms with Crippen LogP contribution in [0.25, 0.3) is 0 Å². The highest BCUT2D eigenvalue weighted by molar-refractivity contribution is 9.10. The van der Waals surface area contributed by atoms with Crippen LogP contribution in [0.3, 0.4) is 0 Å². The van der Waals surface area contributed by atoms with Gasteiger partial charge in [0.1, 0.15) is 0 Å². The normalized spacial score (nSPS) is 18.5. The fourth-order valence-electron chi connectivity index (χ4n) is 2.95. The van der Waals surface area contributed by atoms with E-state index in [-0.39, 0.29) is 0 Å². The molecule has 0 amide bonds. The van der Waals surface area contributed by atoms with E-state index in [4.69, 9.17) is 5.73 Å². The van der Waals surface area contributed by atoms with Crippen molar-refractivity contribution in [3.8, 4) is 0 Å². The van der Waals surface area contributed by atoms with Crippen molar-refractivity contribution in [2.45, 2.75) is 25.8 Å². The van der Waals surface area contributed by atoms with Crippen LogP contribution in [0.2, 0.25) is 0 Å². The molecule has 1 atom stereocenters. The molecular formula is C17H19BrN2. The smallest absolute Gasteiger partial charge is 0.0543 e. The zero-order valence-corrected chi connectivity index (χ0v) is 13.2. The topological polar surface area (TPSA) is 29.3 Å². The Kier molecular flexibility index (Phi) is 3.70. The van der Waals surface area contributed by atoms with Crippen molar-refractivity contribution < 1.29 is 0 Å². The summed E-state index contributed by atoms with van der Waals surface area (Å²) in [7, 11) is 0. The second kappa shape index (κ2) is 5.49. The predicted octanol–water partition coefficient (Wildman–Crippen LogP) is 4.68. The maximum absolute atomic E-state index is 5.93. The summed E-state index contributed by atoms with van der Waals surface area (Å²) in [5, 5.41) is 0. The van der Waals surface area contributed by atoms with Gasteiger partial charge < -0.3 is 10.6 Å². The summed E-state index contributed by atoms with van der Waals surface area (Å²) in [4.78, 5) is 2.49. The third kappa shape index (κ3) is 2.55. The van der Waals surface area contributed by atoms with E-state index < -0.39 is 0 Å². The van der Waals surface area contributed by atoms with E-state index in [1.165, 1.54) is 34.1 Å². The Bertz CT molecular complexity index is 624. The molecule has 2 N–H and O–H groups in total. The summed E-state index contributed by atoms with van der Waals surface area (Å²) in [6.45, 7) is 3.22. The van der Waals surface area contributed by atoms with Crippen molar-refractivity contribution in [3.63, 3.8) is 0 Å². The first kappa shape index (κ1) is 13.5. The summed E-state index contributed by atoms with van der Waals surface area (Å²) >= 11 is 3.63. The third-order valence-electron chi connectivity index (χ3n) is 4.04. The van der Waals surface area contributed by atoms with Gasteiger partial charge in [-0.15, -0.1) is 0 Å². The minimum absolute atomic E-state index is 0.438. The zero-order valence-electron chi connectivity index (χ0n) is 11.6. The molecule has 1 heterocycles. The zero-order chi connectivity index (χ0) is 14.1. The number of rotatable bonds is 2. The fourth-order valence-corrected chi connectivity index (χ4v) is 3.32. The molecule has 3 rings (SSSR count). The van der Waals surface area contributed by atoms with E-state index in [9.17, 15) is 0 Å². The average Bonchev–Trinajstić information content (AvgIpc) is 2.91. The van der Waals surface area contributed by atoms with Crippen molar-refractivity contribution in [2.24, 2.45) is 0 Å². The summed E-state index contributed by atoms with van der Waals surface area (Å²) in [5.74, 6) is 0. The highest BCUT2D eigenvalue weighted by Gasteiger charge is 2.26. The Morgan fingerprint density at radius 2 is 2.05 bits per heavy atom. The van der Waals surface area contributed by atoms with Crippen molar-refractivity contribution in [2.75, 3.05) is 17.2 Å². The lowest BCUT2D eigenvalue weighted by atomic mass is 10.0. The van der Waals surface area contributed by atoms with Gasteiger partial charge in [-0.25, -0.2) is 0 Å². The quantitative estimate of drug-likeness (QED) is 0.810. The number of hydrogen-bond acceptors (Lipinski definition) is 2. The number of nitrogen functional groups attached to an aromatic ring is 1. The molecule has 2 nitrogen and oxygen atoms in total. The molecule has 0 bridgehead atoms. The van der Waals surface area contributed by atoms with Gasteiger partial charge in [-0.05, 0) is 55.2 Å². The van der Waals surface area contributed by atoms with Crippen LogP contribution in [-0.4, -0.2) is 6.54 Å². The number of hydrogen-bond donors (Lipinski definition) is 1. The van der Waals surface area contributed by atoms with Gasteiger partial charge in [0.05, 0.1) is 6.04 Å². The van der Waals surface area contributed by atoms with Gasteiger partial charge in [0.25, 0.3) is 0 Å². The Morgan fingerprint density at radius 3 is 2.80 bits per heavy atom. The molecule has 0 radical (unpaired) electrons. The molecular weight excluding hydrogens is 312 g/mol. The van der Waals surface area contributed by atoms with Crippen molar-refractivity contribution in [3.05, 3.63) is 58.1 Å². The minimum atomic E-state index is 0.438. The number of benzene rings is 2. The molecule has 0 aliphatic carbocycles. The van der Waals surface area contributed by atoms with Crippen molar-refractivity contribution in [1.29, 1.82) is 0 Å². The van der Waals surface area contributed by atoms with Crippen LogP contribution in [0.1, 0.15) is 30.0 Å². The largest absolute Gasteiger partial charge is 0.399 e. The molecule has 0 saturated carbocycles. The van der Waals surface area contributed by atoms with Crippen molar-refractivity contribution in [1.82, 2.24) is 0 Å². The van der Waals surface area contributed by atoms with E-state index in [2.05, 4.69) is 58.1 Å². The maximum atomic E-state index is 5.93. The van der Waals surface area contributed by atoms with Gasteiger partial charge in [-0.2, -0.15) is 0 Å². The SMILES string of the molecule is Cc1ccc(N2CCCC2c2cccc(N)c2)cc1Br. The van der Waals surface area contributed by atoms with Gasteiger partial charge in [0, 0.05) is 22.4 Å². The molecule has 2 aromatic rings. The van der Waals surface area contributed by atoms with Crippen LogP contribution in [-0.2, 0) is 0 Å². The van der Waals surface area contributed by atoms with Gasteiger partial charge in [-0.3, -0.25) is 0 Å². The molecule has 0 spiro atoms. The molecule has 0 aromatic heterocycles. The van der Waals surface area contributed by atoms with Crippen LogP contribution < -0.4 is 10.6 Å². The van der Waals surface area contributed by atoms with Gasteiger partial charge in [0.2, 0.25) is 0 Å². The van der Waals surface area contributed by atoms with Crippen LogP contribution in [0.15, 0.2) is 46.9 Å². The molecule has 1 unspecified atom stereocenters.